The number of fused-ring (bicyclic) bond motifs is 1. The maximum atomic E-state index is 8.90. The molecule has 0 aromatic heterocycles. The Bertz CT molecular complexity index is 726. The fraction of sp³-hybridized carbons (Fsp3) is 0. The summed E-state index contributed by atoms with van der Waals surface area (Å²) in [7, 11) is -1.81. The molecule has 0 unspecified atom stereocenters. The number of hydrogen-bond acceptors (Lipinski definition) is 3. The Hall–Kier alpha value is -2.30. The Morgan fingerprint density at radius 1 is 0.800 bits per heavy atom. The average Bonchev–Trinajstić information content (AvgIpc) is 2.47. The van der Waals surface area contributed by atoms with Crippen LogP contribution in [0.3, 0.4) is 0 Å². The second kappa shape index (κ2) is 5.37. The molecule has 20 heavy (non-hydrogen) atoms. The van der Waals surface area contributed by atoms with E-state index in [4.69, 9.17) is 14.7 Å². The summed E-state index contributed by atoms with van der Waals surface area (Å²) >= 11 is 0. The molecule has 2 N–H and O–H groups in total. The summed E-state index contributed by atoms with van der Waals surface area (Å²) in [6.45, 7) is 0. The van der Waals surface area contributed by atoms with Gasteiger partial charge in [0, 0.05) is 0 Å². The SMILES string of the molecule is OB(O)Oc1ccc2cccc(-c3ccccc3)c2c1. The van der Waals surface area contributed by atoms with Gasteiger partial charge < -0.3 is 14.7 Å². The van der Waals surface area contributed by atoms with Crippen LogP contribution in [0.5, 0.6) is 5.75 Å². The summed E-state index contributed by atoms with van der Waals surface area (Å²) in [4.78, 5) is 0. The molecule has 0 saturated heterocycles. The van der Waals surface area contributed by atoms with Crippen molar-refractivity contribution in [2.75, 3.05) is 0 Å². The van der Waals surface area contributed by atoms with E-state index < -0.39 is 7.32 Å². The largest absolute Gasteiger partial charge is 0.707 e. The molecule has 0 radical (unpaired) electrons. The predicted octanol–water partition coefficient (Wildman–Crippen LogP) is 2.86. The lowest BCUT2D eigenvalue weighted by Crippen LogP contribution is -2.20. The molecular formula is C16H13BO3. The minimum atomic E-state index is -1.81. The molecule has 0 aliphatic carbocycles. The summed E-state index contributed by atoms with van der Waals surface area (Å²) in [6.07, 6.45) is 0. The summed E-state index contributed by atoms with van der Waals surface area (Å²) in [6, 6.07) is 21.5. The zero-order chi connectivity index (χ0) is 13.9. The molecule has 0 atom stereocenters. The van der Waals surface area contributed by atoms with Crippen molar-refractivity contribution in [1.82, 2.24) is 0 Å². The van der Waals surface area contributed by atoms with Crippen molar-refractivity contribution in [2.24, 2.45) is 0 Å². The lowest BCUT2D eigenvalue weighted by molar-refractivity contribution is 0.288. The van der Waals surface area contributed by atoms with Gasteiger partial charge in [-0.05, 0) is 34.0 Å². The van der Waals surface area contributed by atoms with Crippen LogP contribution in [0.2, 0.25) is 0 Å². The van der Waals surface area contributed by atoms with E-state index in [-0.39, 0.29) is 0 Å². The molecule has 4 heteroatoms. The molecule has 0 bridgehead atoms. The van der Waals surface area contributed by atoms with Gasteiger partial charge in [-0.25, -0.2) is 0 Å². The fourth-order valence-corrected chi connectivity index (χ4v) is 2.32. The van der Waals surface area contributed by atoms with Crippen molar-refractivity contribution >= 4 is 18.1 Å². The van der Waals surface area contributed by atoms with E-state index in [0.29, 0.717) is 5.75 Å². The summed E-state index contributed by atoms with van der Waals surface area (Å²) in [5.41, 5.74) is 2.20. The van der Waals surface area contributed by atoms with E-state index in [2.05, 4.69) is 0 Å². The Morgan fingerprint density at radius 3 is 2.35 bits per heavy atom. The quantitative estimate of drug-likeness (QED) is 0.715. The summed E-state index contributed by atoms with van der Waals surface area (Å²) in [5.74, 6) is 0.427. The molecule has 0 saturated carbocycles. The van der Waals surface area contributed by atoms with Crippen LogP contribution in [0.15, 0.2) is 66.7 Å². The minimum Gasteiger partial charge on any atom is -0.512 e. The highest BCUT2D eigenvalue weighted by Crippen LogP contribution is 2.31. The van der Waals surface area contributed by atoms with Crippen LogP contribution >= 0.6 is 0 Å². The van der Waals surface area contributed by atoms with Gasteiger partial charge in [0.05, 0.1) is 0 Å². The molecule has 0 fully saturated rings. The molecule has 0 amide bonds. The van der Waals surface area contributed by atoms with Crippen LogP contribution in [-0.2, 0) is 0 Å². The maximum absolute atomic E-state index is 8.90. The van der Waals surface area contributed by atoms with Gasteiger partial charge in [-0.15, -0.1) is 0 Å². The highest BCUT2D eigenvalue weighted by molar-refractivity contribution is 6.33. The second-order valence-electron chi connectivity index (χ2n) is 4.50. The number of rotatable bonds is 3. The van der Waals surface area contributed by atoms with E-state index in [1.54, 1.807) is 6.07 Å². The predicted molar refractivity (Wildman–Crippen MR) is 80.2 cm³/mol. The Balaban J connectivity index is 2.17. The van der Waals surface area contributed by atoms with Crippen LogP contribution in [-0.4, -0.2) is 17.4 Å². The third-order valence-electron chi connectivity index (χ3n) is 3.18. The van der Waals surface area contributed by atoms with E-state index in [1.165, 1.54) is 0 Å². The van der Waals surface area contributed by atoms with Gasteiger partial charge in [-0.2, -0.15) is 0 Å². The first-order chi connectivity index (χ1) is 9.74. The Labute approximate surface area is 117 Å². The summed E-state index contributed by atoms with van der Waals surface area (Å²) in [5, 5.41) is 19.9. The van der Waals surface area contributed by atoms with Gasteiger partial charge in [0.15, 0.2) is 0 Å². The highest BCUT2D eigenvalue weighted by atomic mass is 16.6. The lowest BCUT2D eigenvalue weighted by Gasteiger charge is -2.10. The monoisotopic (exact) mass is 264 g/mol. The summed E-state index contributed by atoms with van der Waals surface area (Å²) < 4.78 is 4.92. The van der Waals surface area contributed by atoms with Crippen molar-refractivity contribution in [2.45, 2.75) is 0 Å². The van der Waals surface area contributed by atoms with Gasteiger partial charge in [0.25, 0.3) is 0 Å². The van der Waals surface area contributed by atoms with E-state index in [9.17, 15) is 0 Å². The number of hydrogen-bond donors (Lipinski definition) is 2. The first-order valence-electron chi connectivity index (χ1n) is 6.35. The van der Waals surface area contributed by atoms with Gasteiger partial charge in [-0.1, -0.05) is 54.6 Å². The van der Waals surface area contributed by atoms with Gasteiger partial charge in [0.2, 0.25) is 0 Å². The fourth-order valence-electron chi connectivity index (χ4n) is 2.32. The third kappa shape index (κ3) is 2.52. The lowest BCUT2D eigenvalue weighted by atomic mass is 9.98. The van der Waals surface area contributed by atoms with E-state index in [0.717, 1.165) is 21.9 Å². The van der Waals surface area contributed by atoms with Gasteiger partial charge >= 0.3 is 7.32 Å². The normalized spacial score (nSPS) is 10.5. The molecule has 0 spiro atoms. The molecule has 3 rings (SSSR count). The average molecular weight is 264 g/mol. The molecule has 3 nitrogen and oxygen atoms in total. The Morgan fingerprint density at radius 2 is 1.60 bits per heavy atom. The zero-order valence-electron chi connectivity index (χ0n) is 10.7. The van der Waals surface area contributed by atoms with Crippen molar-refractivity contribution in [1.29, 1.82) is 0 Å². The second-order valence-corrected chi connectivity index (χ2v) is 4.50. The molecular weight excluding hydrogens is 251 g/mol. The van der Waals surface area contributed by atoms with Gasteiger partial charge in [-0.3, -0.25) is 0 Å². The zero-order valence-corrected chi connectivity index (χ0v) is 10.7. The van der Waals surface area contributed by atoms with Crippen LogP contribution in [0.25, 0.3) is 21.9 Å². The minimum absolute atomic E-state index is 0.427. The van der Waals surface area contributed by atoms with E-state index >= 15 is 0 Å². The van der Waals surface area contributed by atoms with Gasteiger partial charge in [0.1, 0.15) is 5.75 Å². The van der Waals surface area contributed by atoms with Crippen molar-refractivity contribution in [3.05, 3.63) is 66.7 Å². The molecule has 0 aliphatic heterocycles. The standard InChI is InChI=1S/C16H13BO3/c18-17(19)20-14-10-9-13-7-4-8-15(16(13)11-14)12-5-2-1-3-6-12/h1-11,18-19H. The van der Waals surface area contributed by atoms with Crippen LogP contribution < -0.4 is 4.65 Å². The highest BCUT2D eigenvalue weighted by Gasteiger charge is 2.12. The molecule has 3 aromatic rings. The first kappa shape index (κ1) is 12.7. The smallest absolute Gasteiger partial charge is 0.512 e. The third-order valence-corrected chi connectivity index (χ3v) is 3.18. The van der Waals surface area contributed by atoms with Crippen LogP contribution in [0.1, 0.15) is 0 Å². The van der Waals surface area contributed by atoms with E-state index in [1.807, 2.05) is 60.7 Å². The van der Waals surface area contributed by atoms with Crippen molar-refractivity contribution < 1.29 is 14.7 Å². The topological polar surface area (TPSA) is 49.7 Å². The van der Waals surface area contributed by atoms with Crippen molar-refractivity contribution in [3.63, 3.8) is 0 Å². The molecule has 0 aliphatic rings. The molecule has 3 aromatic carbocycles. The van der Waals surface area contributed by atoms with Crippen LogP contribution in [0.4, 0.5) is 0 Å². The maximum Gasteiger partial charge on any atom is 0.707 e. The van der Waals surface area contributed by atoms with Crippen molar-refractivity contribution in [3.8, 4) is 16.9 Å². The number of benzene rings is 3. The first-order valence-corrected chi connectivity index (χ1v) is 6.35. The molecule has 98 valence electrons. The van der Waals surface area contributed by atoms with Crippen LogP contribution in [0, 0.1) is 0 Å². The Kier molecular flexibility index (Phi) is 3.42. The molecule has 0 heterocycles.